The molecule has 1 saturated heterocycles. The summed E-state index contributed by atoms with van der Waals surface area (Å²) in [6, 6.07) is 4.85. The van der Waals surface area contributed by atoms with Crippen LogP contribution in [0, 0.1) is 17.3 Å². The highest BCUT2D eigenvalue weighted by atomic mass is 16.8. The molecule has 2 saturated carbocycles. The molecule has 4 heterocycles. The molecule has 9 rings (SSSR count). The van der Waals surface area contributed by atoms with Gasteiger partial charge in [-0.2, -0.15) is 0 Å². The monoisotopic (exact) mass is 583 g/mol. The first-order valence-corrected chi connectivity index (χ1v) is 16.4. The Hall–Kier alpha value is -2.25. The molecule has 7 aliphatic rings. The van der Waals surface area contributed by atoms with Gasteiger partial charge in [0.2, 0.25) is 0 Å². The highest BCUT2D eigenvalue weighted by Gasteiger charge is 2.75. The lowest BCUT2D eigenvalue weighted by Crippen LogP contribution is -2.69. The maximum atomic E-state index is 13.3. The fourth-order valence-corrected chi connectivity index (χ4v) is 11.4. The van der Waals surface area contributed by atoms with Crippen LogP contribution in [-0.4, -0.2) is 50.2 Å². The minimum absolute atomic E-state index is 0.0857. The lowest BCUT2D eigenvalue weighted by molar-refractivity contribution is -0.247. The molecule has 6 heteroatoms. The second-order valence-corrected chi connectivity index (χ2v) is 16.9. The number of carbonyl (C=O) groups excluding carboxylic acids is 1. The van der Waals surface area contributed by atoms with Gasteiger partial charge in [-0.3, -0.25) is 4.79 Å². The molecule has 0 radical (unpaired) electrons. The molecule has 6 nitrogen and oxygen atoms in total. The first-order valence-electron chi connectivity index (χ1n) is 16.4. The molecule has 1 spiro atoms. The van der Waals surface area contributed by atoms with E-state index in [9.17, 15) is 9.90 Å². The van der Waals surface area contributed by atoms with E-state index in [1.807, 2.05) is 13.8 Å². The van der Waals surface area contributed by atoms with Gasteiger partial charge in [-0.05, 0) is 126 Å². The molecule has 3 fully saturated rings. The van der Waals surface area contributed by atoms with Crippen molar-refractivity contribution in [2.75, 3.05) is 0 Å². The topological polar surface area (TPSA) is 80.8 Å². The van der Waals surface area contributed by atoms with Gasteiger partial charge in [0.1, 0.15) is 5.60 Å². The second kappa shape index (κ2) is 7.41. The van der Waals surface area contributed by atoms with Crippen molar-refractivity contribution in [3.05, 3.63) is 52.2 Å². The zero-order valence-corrected chi connectivity index (χ0v) is 26.9. The van der Waals surface area contributed by atoms with Gasteiger partial charge in [-0.25, -0.2) is 0 Å². The number of aromatic nitrogens is 1. The predicted octanol–water partition coefficient (Wildman–Crippen LogP) is 6.47. The van der Waals surface area contributed by atoms with E-state index in [2.05, 4.69) is 64.7 Å². The number of benzene rings is 1. The van der Waals surface area contributed by atoms with Crippen LogP contribution >= 0.6 is 0 Å². The van der Waals surface area contributed by atoms with Gasteiger partial charge in [-0.15, -0.1) is 0 Å². The molecule has 43 heavy (non-hydrogen) atoms. The Balaban J connectivity index is 1.18. The van der Waals surface area contributed by atoms with Gasteiger partial charge < -0.3 is 24.3 Å². The van der Waals surface area contributed by atoms with Crippen LogP contribution in [0.1, 0.15) is 103 Å². The predicted molar refractivity (Wildman–Crippen MR) is 165 cm³/mol. The van der Waals surface area contributed by atoms with E-state index in [1.54, 1.807) is 6.08 Å². The first kappa shape index (κ1) is 27.1. The van der Waals surface area contributed by atoms with Gasteiger partial charge in [0.25, 0.3) is 0 Å². The Morgan fingerprint density at radius 3 is 2.47 bits per heavy atom. The lowest BCUT2D eigenvalue weighted by Gasteiger charge is -2.65. The molecule has 7 atom stereocenters. The quantitative estimate of drug-likeness (QED) is 0.372. The zero-order valence-electron chi connectivity index (χ0n) is 26.9. The maximum Gasteiger partial charge on any atom is 0.195 e. The van der Waals surface area contributed by atoms with Crippen molar-refractivity contribution in [1.82, 2.24) is 4.98 Å². The number of carbonyl (C=O) groups is 1. The van der Waals surface area contributed by atoms with Gasteiger partial charge in [0, 0.05) is 45.3 Å². The third-order valence-corrected chi connectivity index (χ3v) is 13.5. The highest BCUT2D eigenvalue weighted by Crippen LogP contribution is 2.72. The van der Waals surface area contributed by atoms with E-state index in [4.69, 9.17) is 14.2 Å². The zero-order chi connectivity index (χ0) is 30.3. The number of H-pyrrole nitrogens is 1. The van der Waals surface area contributed by atoms with Crippen molar-refractivity contribution < 1.29 is 24.1 Å². The number of fused-ring (bicyclic) bond motifs is 12. The molecule has 0 amide bonds. The summed E-state index contributed by atoms with van der Waals surface area (Å²) < 4.78 is 19.5. The summed E-state index contributed by atoms with van der Waals surface area (Å²) in [7, 11) is 0. The van der Waals surface area contributed by atoms with Crippen LogP contribution in [0.25, 0.3) is 16.5 Å². The molecular weight excluding hydrogens is 538 g/mol. The third kappa shape index (κ3) is 2.94. The highest BCUT2D eigenvalue weighted by molar-refractivity contribution is 5.97. The van der Waals surface area contributed by atoms with Gasteiger partial charge >= 0.3 is 0 Å². The van der Waals surface area contributed by atoms with Crippen LogP contribution in [0.4, 0.5) is 0 Å². The number of hydrogen-bond acceptors (Lipinski definition) is 5. The molecule has 2 bridgehead atoms. The summed E-state index contributed by atoms with van der Waals surface area (Å²) in [6.45, 7) is 17.3. The van der Waals surface area contributed by atoms with Crippen LogP contribution in [0.2, 0.25) is 0 Å². The van der Waals surface area contributed by atoms with E-state index in [0.717, 1.165) is 25.7 Å². The SMILES string of the molecule is CC1(C)C=C2c3cc4[nH]c5c(c4cc3C[C@@H]2C(C)(C)O1)C[C@@H]1CC[C@@]2(O)C3=CC(=O)[C@@H]4O[C@@]3(CC[C@]2(C)[C@@]51C)OC4(C)C. The molecular formula is C37H45NO5. The third-order valence-electron chi connectivity index (χ3n) is 13.5. The molecule has 2 aromatic rings. The lowest BCUT2D eigenvalue weighted by atomic mass is 9.42. The molecule has 2 N–H and O–H groups in total. The first-order chi connectivity index (χ1) is 19.9. The van der Waals surface area contributed by atoms with Gasteiger partial charge in [0.15, 0.2) is 17.7 Å². The van der Waals surface area contributed by atoms with Crippen LogP contribution in [0.5, 0.6) is 0 Å². The largest absolute Gasteiger partial charge is 0.385 e. The molecule has 228 valence electrons. The van der Waals surface area contributed by atoms with E-state index in [-0.39, 0.29) is 22.4 Å². The normalized spacial score (nSPS) is 44.1. The smallest absolute Gasteiger partial charge is 0.195 e. The minimum Gasteiger partial charge on any atom is -0.385 e. The Morgan fingerprint density at radius 2 is 1.70 bits per heavy atom. The minimum atomic E-state index is -1.20. The summed E-state index contributed by atoms with van der Waals surface area (Å²) in [5, 5.41) is 14.2. The Bertz CT molecular complexity index is 1740. The summed E-state index contributed by atoms with van der Waals surface area (Å²) >= 11 is 0. The van der Waals surface area contributed by atoms with Gasteiger partial charge in [0.05, 0.1) is 16.8 Å². The Morgan fingerprint density at radius 1 is 0.930 bits per heavy atom. The summed E-state index contributed by atoms with van der Waals surface area (Å²) in [6.07, 6.45) is 8.34. The molecule has 4 aliphatic carbocycles. The summed E-state index contributed by atoms with van der Waals surface area (Å²) in [5.74, 6) is -0.330. The van der Waals surface area contributed by atoms with Crippen molar-refractivity contribution in [3.8, 4) is 0 Å². The number of ether oxygens (including phenoxy) is 3. The van der Waals surface area contributed by atoms with Crippen LogP contribution < -0.4 is 0 Å². The van der Waals surface area contributed by atoms with Crippen LogP contribution in [0.15, 0.2) is 29.9 Å². The number of hydrogen-bond donors (Lipinski definition) is 2. The second-order valence-electron chi connectivity index (χ2n) is 16.9. The average Bonchev–Trinajstić information content (AvgIpc) is 3.58. The van der Waals surface area contributed by atoms with Crippen molar-refractivity contribution >= 4 is 22.3 Å². The number of rotatable bonds is 0. The number of aliphatic hydroxyl groups is 1. The van der Waals surface area contributed by atoms with Crippen molar-refractivity contribution in [2.45, 2.75) is 134 Å². The number of ketones is 1. The van der Waals surface area contributed by atoms with Crippen LogP contribution in [-0.2, 0) is 37.3 Å². The Labute approximate surface area is 254 Å². The standard InChI is InChI=1S/C37H45NO5/c1-31(2)18-24-21-16-26-22(13-19(21)14-25(24)32(3,4)42-31)23-15-20-9-10-36(40)28-17-27(39)30-33(5,6)43-37(28,41-30)12-11-34(36,7)35(20,8)29(23)38-26/h13,16-18,20,25,30,38,40H,9-12,14-15H2,1-8H3/t20-,25-,30-,34+,35+,36+,37-/m0/s1. The van der Waals surface area contributed by atoms with Crippen molar-refractivity contribution in [3.63, 3.8) is 0 Å². The van der Waals surface area contributed by atoms with E-state index >= 15 is 0 Å². The summed E-state index contributed by atoms with van der Waals surface area (Å²) in [4.78, 5) is 17.3. The van der Waals surface area contributed by atoms with Crippen LogP contribution in [0.3, 0.4) is 0 Å². The molecule has 0 unspecified atom stereocenters. The Kier molecular flexibility index (Phi) is 4.67. The molecule has 1 aromatic heterocycles. The fourth-order valence-electron chi connectivity index (χ4n) is 11.4. The van der Waals surface area contributed by atoms with E-state index in [0.29, 0.717) is 30.3 Å². The van der Waals surface area contributed by atoms with E-state index in [1.165, 1.54) is 38.9 Å². The average molecular weight is 584 g/mol. The van der Waals surface area contributed by atoms with Crippen molar-refractivity contribution in [1.29, 1.82) is 0 Å². The summed E-state index contributed by atoms with van der Waals surface area (Å²) in [5.41, 5.74) is 5.50. The molecule has 3 aliphatic heterocycles. The van der Waals surface area contributed by atoms with E-state index < -0.39 is 28.5 Å². The maximum absolute atomic E-state index is 13.3. The number of aromatic amines is 1. The van der Waals surface area contributed by atoms with Crippen molar-refractivity contribution in [2.24, 2.45) is 17.3 Å². The fraction of sp³-hybridized carbons (Fsp3) is 0.649. The van der Waals surface area contributed by atoms with Gasteiger partial charge in [-0.1, -0.05) is 13.8 Å². The molecule has 1 aromatic carbocycles. The number of nitrogens with one attached hydrogen (secondary N) is 1.